The van der Waals surface area contributed by atoms with E-state index in [0.29, 0.717) is 17.0 Å². The van der Waals surface area contributed by atoms with Crippen LogP contribution < -0.4 is 5.32 Å². The fourth-order valence-corrected chi connectivity index (χ4v) is 1.90. The Morgan fingerprint density at radius 2 is 2.29 bits per heavy atom. The third-order valence-corrected chi connectivity index (χ3v) is 2.91. The van der Waals surface area contributed by atoms with E-state index in [4.69, 9.17) is 4.74 Å². The second-order valence-corrected chi connectivity index (χ2v) is 4.72. The average Bonchev–Trinajstić information content (AvgIpc) is 2.27. The van der Waals surface area contributed by atoms with Gasteiger partial charge in [-0.15, -0.1) is 0 Å². The van der Waals surface area contributed by atoms with Gasteiger partial charge in [-0.05, 0) is 27.9 Å². The first-order valence-corrected chi connectivity index (χ1v) is 6.00. The van der Waals surface area contributed by atoms with E-state index in [-0.39, 0.29) is 5.69 Å². The van der Waals surface area contributed by atoms with Gasteiger partial charge in [-0.25, -0.2) is 0 Å². The number of rotatable bonds is 6. The molecule has 0 heterocycles. The minimum atomic E-state index is -0.415. The van der Waals surface area contributed by atoms with E-state index in [1.807, 2.05) is 0 Å². The zero-order valence-corrected chi connectivity index (χ0v) is 11.4. The third-order valence-electron chi connectivity index (χ3n) is 2.26. The van der Waals surface area contributed by atoms with Crippen molar-refractivity contribution in [3.63, 3.8) is 0 Å². The molecule has 1 rings (SSSR count). The Labute approximate surface area is 108 Å². The molecule has 0 amide bonds. The maximum atomic E-state index is 10.6. The Bertz CT molecular complexity index is 398. The van der Waals surface area contributed by atoms with E-state index < -0.39 is 4.92 Å². The zero-order chi connectivity index (χ0) is 12.8. The summed E-state index contributed by atoms with van der Waals surface area (Å²) in [6.07, 6.45) is 0. The Kier molecular flexibility index (Phi) is 5.37. The quantitative estimate of drug-likeness (QED) is 0.648. The SMILES string of the molecule is COCC(C)CNc1ccc([N+](=O)[O-])cc1Br. The lowest BCUT2D eigenvalue weighted by molar-refractivity contribution is -0.384. The molecule has 0 saturated carbocycles. The van der Waals surface area contributed by atoms with Crippen LogP contribution >= 0.6 is 15.9 Å². The van der Waals surface area contributed by atoms with Crippen LogP contribution in [0.3, 0.4) is 0 Å². The van der Waals surface area contributed by atoms with Crippen LogP contribution in [0.2, 0.25) is 0 Å². The number of non-ortho nitro benzene ring substituents is 1. The molecule has 0 bridgehead atoms. The van der Waals surface area contributed by atoms with Crippen molar-refractivity contribution in [1.82, 2.24) is 0 Å². The number of nitro groups is 1. The summed E-state index contributed by atoms with van der Waals surface area (Å²) in [6.45, 7) is 3.50. The minimum Gasteiger partial charge on any atom is -0.384 e. The lowest BCUT2D eigenvalue weighted by Gasteiger charge is -2.13. The van der Waals surface area contributed by atoms with Crippen LogP contribution in [0.1, 0.15) is 6.92 Å². The molecule has 1 unspecified atom stereocenters. The summed E-state index contributed by atoms with van der Waals surface area (Å²) in [4.78, 5) is 10.1. The van der Waals surface area contributed by atoms with Gasteiger partial charge in [-0.3, -0.25) is 10.1 Å². The standard InChI is InChI=1S/C11H15BrN2O3/c1-8(7-17-2)6-13-11-4-3-9(14(15)16)5-10(11)12/h3-5,8,13H,6-7H2,1-2H3. The molecule has 0 radical (unpaired) electrons. The molecule has 17 heavy (non-hydrogen) atoms. The number of nitrogens with one attached hydrogen (secondary N) is 1. The predicted molar refractivity (Wildman–Crippen MR) is 70.3 cm³/mol. The highest BCUT2D eigenvalue weighted by atomic mass is 79.9. The number of hydrogen-bond donors (Lipinski definition) is 1. The van der Waals surface area contributed by atoms with Crippen molar-refractivity contribution >= 4 is 27.3 Å². The summed E-state index contributed by atoms with van der Waals surface area (Å²) < 4.78 is 5.72. The third kappa shape index (κ3) is 4.32. The summed E-state index contributed by atoms with van der Waals surface area (Å²) in [6, 6.07) is 4.67. The van der Waals surface area contributed by atoms with Crippen molar-refractivity contribution in [2.45, 2.75) is 6.92 Å². The fraction of sp³-hybridized carbons (Fsp3) is 0.455. The lowest BCUT2D eigenvalue weighted by Crippen LogP contribution is -2.15. The van der Waals surface area contributed by atoms with Crippen molar-refractivity contribution in [2.75, 3.05) is 25.6 Å². The molecule has 1 aromatic rings. The Morgan fingerprint density at radius 3 is 2.82 bits per heavy atom. The number of halogens is 1. The number of methoxy groups -OCH3 is 1. The molecule has 6 heteroatoms. The van der Waals surface area contributed by atoms with Gasteiger partial charge in [0.1, 0.15) is 0 Å². The highest BCUT2D eigenvalue weighted by molar-refractivity contribution is 9.10. The summed E-state index contributed by atoms with van der Waals surface area (Å²) >= 11 is 3.31. The monoisotopic (exact) mass is 302 g/mol. The summed E-state index contributed by atoms with van der Waals surface area (Å²) in [7, 11) is 1.66. The molecule has 0 aromatic heterocycles. The van der Waals surface area contributed by atoms with E-state index >= 15 is 0 Å². The van der Waals surface area contributed by atoms with Crippen LogP contribution in [-0.2, 0) is 4.74 Å². The Hall–Kier alpha value is -1.14. The lowest BCUT2D eigenvalue weighted by atomic mass is 10.2. The molecule has 5 nitrogen and oxygen atoms in total. The molecule has 0 aliphatic rings. The smallest absolute Gasteiger partial charge is 0.270 e. The van der Waals surface area contributed by atoms with Crippen LogP contribution in [0.4, 0.5) is 11.4 Å². The second kappa shape index (κ2) is 6.56. The van der Waals surface area contributed by atoms with E-state index in [0.717, 1.165) is 12.2 Å². The normalized spacial score (nSPS) is 12.2. The van der Waals surface area contributed by atoms with E-state index in [1.54, 1.807) is 13.2 Å². The number of nitrogens with zero attached hydrogens (tertiary/aromatic N) is 1. The molecular weight excluding hydrogens is 288 g/mol. The van der Waals surface area contributed by atoms with E-state index in [9.17, 15) is 10.1 Å². The van der Waals surface area contributed by atoms with Gasteiger partial charge in [0.2, 0.25) is 0 Å². The van der Waals surface area contributed by atoms with Crippen LogP contribution in [0.15, 0.2) is 22.7 Å². The van der Waals surface area contributed by atoms with Crippen molar-refractivity contribution in [1.29, 1.82) is 0 Å². The van der Waals surface area contributed by atoms with Gasteiger partial charge in [0, 0.05) is 35.9 Å². The molecule has 1 N–H and O–H groups in total. The highest BCUT2D eigenvalue weighted by Crippen LogP contribution is 2.27. The molecular formula is C11H15BrN2O3. The van der Waals surface area contributed by atoms with Crippen molar-refractivity contribution in [3.05, 3.63) is 32.8 Å². The predicted octanol–water partition coefficient (Wildman–Crippen LogP) is 3.05. The molecule has 94 valence electrons. The van der Waals surface area contributed by atoms with Gasteiger partial charge in [-0.1, -0.05) is 6.92 Å². The van der Waals surface area contributed by atoms with Crippen LogP contribution in [0, 0.1) is 16.0 Å². The first-order chi connectivity index (χ1) is 8.04. The first kappa shape index (κ1) is 13.9. The number of nitro benzene ring substituents is 1. The van der Waals surface area contributed by atoms with Gasteiger partial charge >= 0.3 is 0 Å². The van der Waals surface area contributed by atoms with Gasteiger partial charge in [0.25, 0.3) is 5.69 Å². The number of hydrogen-bond acceptors (Lipinski definition) is 4. The number of anilines is 1. The van der Waals surface area contributed by atoms with Gasteiger partial charge in [-0.2, -0.15) is 0 Å². The Balaban J connectivity index is 2.63. The first-order valence-electron chi connectivity index (χ1n) is 5.21. The maximum Gasteiger partial charge on any atom is 0.270 e. The topological polar surface area (TPSA) is 64.4 Å². The molecule has 0 saturated heterocycles. The van der Waals surface area contributed by atoms with Crippen molar-refractivity contribution in [3.8, 4) is 0 Å². The summed E-state index contributed by atoms with van der Waals surface area (Å²) in [5, 5.41) is 13.8. The van der Waals surface area contributed by atoms with Gasteiger partial charge < -0.3 is 10.1 Å². The highest BCUT2D eigenvalue weighted by Gasteiger charge is 2.09. The average molecular weight is 303 g/mol. The largest absolute Gasteiger partial charge is 0.384 e. The van der Waals surface area contributed by atoms with Gasteiger partial charge in [0.05, 0.1) is 11.5 Å². The van der Waals surface area contributed by atoms with Crippen molar-refractivity contribution < 1.29 is 9.66 Å². The molecule has 1 atom stereocenters. The molecule has 0 aliphatic carbocycles. The molecule has 0 fully saturated rings. The van der Waals surface area contributed by atoms with E-state index in [2.05, 4.69) is 28.2 Å². The number of benzene rings is 1. The molecule has 0 spiro atoms. The van der Waals surface area contributed by atoms with Gasteiger partial charge in [0.15, 0.2) is 0 Å². The Morgan fingerprint density at radius 1 is 1.59 bits per heavy atom. The maximum absolute atomic E-state index is 10.6. The van der Waals surface area contributed by atoms with Crippen molar-refractivity contribution in [2.24, 2.45) is 5.92 Å². The minimum absolute atomic E-state index is 0.0763. The fourth-order valence-electron chi connectivity index (χ4n) is 1.39. The molecule has 0 aliphatic heterocycles. The van der Waals surface area contributed by atoms with Crippen LogP contribution in [0.25, 0.3) is 0 Å². The number of ether oxygens (including phenoxy) is 1. The second-order valence-electron chi connectivity index (χ2n) is 3.86. The summed E-state index contributed by atoms with van der Waals surface area (Å²) in [5.41, 5.74) is 0.922. The summed E-state index contributed by atoms with van der Waals surface area (Å²) in [5.74, 6) is 0.377. The van der Waals surface area contributed by atoms with Crippen LogP contribution in [0.5, 0.6) is 0 Å². The molecule has 1 aromatic carbocycles. The van der Waals surface area contributed by atoms with E-state index in [1.165, 1.54) is 12.1 Å². The van der Waals surface area contributed by atoms with Crippen LogP contribution in [-0.4, -0.2) is 25.2 Å². The zero-order valence-electron chi connectivity index (χ0n) is 9.77.